The van der Waals surface area contributed by atoms with Crippen LogP contribution < -0.4 is 0 Å². The van der Waals surface area contributed by atoms with E-state index in [-0.39, 0.29) is 11.9 Å². The van der Waals surface area contributed by atoms with Crippen molar-refractivity contribution in [1.29, 1.82) is 0 Å². The highest BCUT2D eigenvalue weighted by Gasteiger charge is 2.24. The van der Waals surface area contributed by atoms with Crippen LogP contribution in [0, 0.1) is 0 Å². The van der Waals surface area contributed by atoms with Gasteiger partial charge >= 0.3 is 0 Å². The maximum atomic E-state index is 11.9. The molecule has 0 heterocycles. The maximum Gasteiger partial charge on any atom is 0.270 e. The second-order valence-electron chi connectivity index (χ2n) is 4.16. The van der Waals surface area contributed by atoms with Crippen LogP contribution in [0.1, 0.15) is 59.3 Å². The topological polar surface area (TPSA) is 43.4 Å². The van der Waals surface area contributed by atoms with Gasteiger partial charge in [0.2, 0.25) is 0 Å². The molecule has 0 aromatic heterocycles. The minimum Gasteiger partial charge on any atom is -0.270 e. The molecule has 0 aromatic carbocycles. The lowest BCUT2D eigenvalue weighted by Gasteiger charge is -2.16. The highest BCUT2D eigenvalue weighted by atomic mass is 32.2. The second-order valence-corrected chi connectivity index (χ2v) is 6.05. The predicted octanol–water partition coefficient (Wildman–Crippen LogP) is 3.66. The van der Waals surface area contributed by atoms with Crippen LogP contribution in [0.25, 0.3) is 0 Å². The van der Waals surface area contributed by atoms with Gasteiger partial charge in [0.15, 0.2) is 0 Å². The van der Waals surface area contributed by atoms with Crippen molar-refractivity contribution in [3.8, 4) is 0 Å². The fourth-order valence-corrected chi connectivity index (χ4v) is 3.19. The first-order chi connectivity index (χ1) is 8.08. The van der Waals surface area contributed by atoms with Crippen LogP contribution >= 0.6 is 0 Å². The summed E-state index contributed by atoms with van der Waals surface area (Å²) in [5, 5.41) is -0.326. The Kier molecular flexibility index (Phi) is 9.46. The standard InChI is InChI=1S/C13H26O3S/c1-4-7-9-10-12-13(11-8-5-2)17(14,15)16-6-3/h4,7,13H,5-6,8-12H2,1-3H3/b7-4+. The minimum absolute atomic E-state index is 0.236. The van der Waals surface area contributed by atoms with Gasteiger partial charge in [-0.3, -0.25) is 4.18 Å². The van der Waals surface area contributed by atoms with Gasteiger partial charge < -0.3 is 0 Å². The minimum atomic E-state index is -3.36. The highest BCUT2D eigenvalue weighted by molar-refractivity contribution is 7.87. The second kappa shape index (κ2) is 9.66. The summed E-state index contributed by atoms with van der Waals surface area (Å²) in [6, 6.07) is 0. The summed E-state index contributed by atoms with van der Waals surface area (Å²) in [4.78, 5) is 0. The Morgan fingerprint density at radius 3 is 2.35 bits per heavy atom. The Morgan fingerprint density at radius 1 is 1.18 bits per heavy atom. The van der Waals surface area contributed by atoms with Gasteiger partial charge in [-0.15, -0.1) is 0 Å². The Labute approximate surface area is 106 Å². The van der Waals surface area contributed by atoms with Crippen molar-refractivity contribution in [2.45, 2.75) is 64.5 Å². The van der Waals surface area contributed by atoms with Crippen molar-refractivity contribution >= 4 is 10.1 Å². The number of hydrogen-bond donors (Lipinski definition) is 0. The average Bonchev–Trinajstić information content (AvgIpc) is 2.27. The van der Waals surface area contributed by atoms with Crippen molar-refractivity contribution in [3.63, 3.8) is 0 Å². The molecule has 0 spiro atoms. The molecular weight excluding hydrogens is 236 g/mol. The summed E-state index contributed by atoms with van der Waals surface area (Å²) in [5.41, 5.74) is 0. The summed E-state index contributed by atoms with van der Waals surface area (Å²) < 4.78 is 28.6. The summed E-state index contributed by atoms with van der Waals surface area (Å²) in [6.07, 6.45) is 9.31. The fourth-order valence-electron chi connectivity index (χ4n) is 1.76. The quantitative estimate of drug-likeness (QED) is 0.343. The van der Waals surface area contributed by atoms with E-state index in [1.165, 1.54) is 0 Å². The van der Waals surface area contributed by atoms with E-state index in [9.17, 15) is 8.42 Å². The molecule has 0 N–H and O–H groups in total. The number of hydrogen-bond acceptors (Lipinski definition) is 3. The van der Waals surface area contributed by atoms with Gasteiger partial charge in [-0.05, 0) is 39.5 Å². The van der Waals surface area contributed by atoms with E-state index in [0.29, 0.717) is 12.8 Å². The molecule has 0 aliphatic carbocycles. The molecule has 0 saturated heterocycles. The fraction of sp³-hybridized carbons (Fsp3) is 0.846. The predicted molar refractivity (Wildman–Crippen MR) is 72.5 cm³/mol. The van der Waals surface area contributed by atoms with Crippen LogP contribution in [-0.2, 0) is 14.3 Å². The smallest absolute Gasteiger partial charge is 0.270 e. The van der Waals surface area contributed by atoms with Gasteiger partial charge in [-0.25, -0.2) is 0 Å². The molecule has 1 unspecified atom stereocenters. The molecule has 0 bridgehead atoms. The normalized spacial score (nSPS) is 14.3. The van der Waals surface area contributed by atoms with Crippen LogP contribution in [0.3, 0.4) is 0 Å². The molecule has 17 heavy (non-hydrogen) atoms. The molecule has 0 aromatic rings. The molecule has 0 amide bonds. The zero-order valence-electron chi connectivity index (χ0n) is 11.3. The number of rotatable bonds is 10. The first-order valence-electron chi connectivity index (χ1n) is 6.57. The van der Waals surface area contributed by atoms with Crippen LogP contribution in [-0.4, -0.2) is 20.3 Å². The monoisotopic (exact) mass is 262 g/mol. The van der Waals surface area contributed by atoms with Crippen molar-refractivity contribution in [1.82, 2.24) is 0 Å². The molecule has 0 fully saturated rings. The van der Waals surface area contributed by atoms with Crippen molar-refractivity contribution in [3.05, 3.63) is 12.2 Å². The zero-order chi connectivity index (χ0) is 13.1. The van der Waals surface area contributed by atoms with Gasteiger partial charge in [0.05, 0.1) is 11.9 Å². The number of allylic oxidation sites excluding steroid dienone is 2. The SMILES string of the molecule is C/C=C/CCCC(CCCC)S(=O)(=O)OCC. The number of unbranched alkanes of at least 4 members (excludes halogenated alkanes) is 2. The van der Waals surface area contributed by atoms with Gasteiger partial charge in [-0.1, -0.05) is 31.9 Å². The Hall–Kier alpha value is -0.350. The van der Waals surface area contributed by atoms with Crippen LogP contribution in [0.2, 0.25) is 0 Å². The summed E-state index contributed by atoms with van der Waals surface area (Å²) in [6.45, 7) is 6.00. The van der Waals surface area contributed by atoms with Gasteiger partial charge in [0.1, 0.15) is 0 Å². The van der Waals surface area contributed by atoms with E-state index in [0.717, 1.165) is 25.7 Å². The molecule has 0 saturated carbocycles. The van der Waals surface area contributed by atoms with E-state index in [1.807, 2.05) is 13.0 Å². The third kappa shape index (κ3) is 7.55. The molecule has 0 aliphatic heterocycles. The Morgan fingerprint density at radius 2 is 1.82 bits per heavy atom. The Bertz CT molecular complexity index is 294. The third-order valence-corrected chi connectivity index (χ3v) is 4.55. The Balaban J connectivity index is 4.31. The van der Waals surface area contributed by atoms with Crippen molar-refractivity contribution < 1.29 is 12.6 Å². The first kappa shape index (κ1) is 16.6. The highest BCUT2D eigenvalue weighted by Crippen LogP contribution is 2.18. The van der Waals surface area contributed by atoms with E-state index >= 15 is 0 Å². The van der Waals surface area contributed by atoms with E-state index in [2.05, 4.69) is 13.0 Å². The lowest BCUT2D eigenvalue weighted by molar-refractivity contribution is 0.325. The average molecular weight is 262 g/mol. The first-order valence-corrected chi connectivity index (χ1v) is 8.05. The molecular formula is C13H26O3S. The summed E-state index contributed by atoms with van der Waals surface area (Å²) >= 11 is 0. The summed E-state index contributed by atoms with van der Waals surface area (Å²) in [5.74, 6) is 0. The van der Waals surface area contributed by atoms with Crippen LogP contribution in [0.4, 0.5) is 0 Å². The van der Waals surface area contributed by atoms with Crippen LogP contribution in [0.5, 0.6) is 0 Å². The third-order valence-electron chi connectivity index (χ3n) is 2.70. The molecule has 0 rings (SSSR count). The zero-order valence-corrected chi connectivity index (χ0v) is 12.1. The molecule has 4 heteroatoms. The summed E-state index contributed by atoms with van der Waals surface area (Å²) in [7, 11) is -3.36. The molecule has 0 aliphatic rings. The molecule has 1 atom stereocenters. The van der Waals surface area contributed by atoms with Crippen molar-refractivity contribution in [2.24, 2.45) is 0 Å². The maximum absolute atomic E-state index is 11.9. The lowest BCUT2D eigenvalue weighted by Crippen LogP contribution is -2.23. The molecule has 3 nitrogen and oxygen atoms in total. The van der Waals surface area contributed by atoms with E-state index in [4.69, 9.17) is 4.18 Å². The largest absolute Gasteiger partial charge is 0.270 e. The molecule has 0 radical (unpaired) electrons. The van der Waals surface area contributed by atoms with E-state index in [1.54, 1.807) is 6.92 Å². The lowest BCUT2D eigenvalue weighted by atomic mass is 10.1. The van der Waals surface area contributed by atoms with Crippen LogP contribution in [0.15, 0.2) is 12.2 Å². The van der Waals surface area contributed by atoms with Gasteiger partial charge in [0.25, 0.3) is 10.1 Å². The van der Waals surface area contributed by atoms with Gasteiger partial charge in [-0.2, -0.15) is 8.42 Å². The van der Waals surface area contributed by atoms with E-state index < -0.39 is 10.1 Å². The van der Waals surface area contributed by atoms with Crippen molar-refractivity contribution in [2.75, 3.05) is 6.61 Å². The molecule has 102 valence electrons. The van der Waals surface area contributed by atoms with Gasteiger partial charge in [0, 0.05) is 0 Å².